The van der Waals surface area contributed by atoms with E-state index in [-0.39, 0.29) is 37.4 Å². The minimum atomic E-state index is -5.46. The third kappa shape index (κ3) is 5.98. The molecule has 0 saturated heterocycles. The summed E-state index contributed by atoms with van der Waals surface area (Å²) in [4.78, 5) is 36.0. The van der Waals surface area contributed by atoms with Gasteiger partial charge in [0.2, 0.25) is 0 Å². The third-order valence-corrected chi connectivity index (χ3v) is 6.27. The van der Waals surface area contributed by atoms with Gasteiger partial charge in [-0.15, -0.1) is 4.89 Å². The van der Waals surface area contributed by atoms with Crippen molar-refractivity contribution in [1.82, 2.24) is 0 Å². The first-order valence-corrected chi connectivity index (χ1v) is 8.36. The maximum Gasteiger partial charge on any atom is 1.00 e. The van der Waals surface area contributed by atoms with E-state index in [0.717, 1.165) is 0 Å². The molecule has 0 heterocycles. The van der Waals surface area contributed by atoms with Gasteiger partial charge in [-0.25, -0.2) is 9.13 Å². The molecule has 0 fully saturated rings. The van der Waals surface area contributed by atoms with Gasteiger partial charge in [0.25, 0.3) is 0 Å². The molecule has 16 heavy (non-hydrogen) atoms. The van der Waals surface area contributed by atoms with Gasteiger partial charge in [-0.3, -0.25) is 4.79 Å². The second kappa shape index (κ2) is 7.34. The number of carbonyl (C=O) groups is 1. The number of carbonyl (C=O) groups excluding carboxylic acids is 1. The quantitative estimate of drug-likeness (QED) is 0.387. The van der Waals surface area contributed by atoms with Gasteiger partial charge in [-0.2, -0.15) is 0 Å². The zero-order valence-electron chi connectivity index (χ0n) is 9.34. The standard InChI is InChI=1S/C3H7O9P3.Na.H/c1-2-3(4)11-15(10,12-13(5)6)14(7,8)9;;/h2H2,1H3,(H2-,5,6,7,8,9);;/q;+1;-1/p+1. The topological polar surface area (TPSA) is 147 Å². The van der Waals surface area contributed by atoms with Crippen LogP contribution in [0.2, 0.25) is 0 Å². The Labute approximate surface area is 115 Å². The van der Waals surface area contributed by atoms with Crippen molar-refractivity contribution < 1.29 is 73.0 Å². The van der Waals surface area contributed by atoms with Gasteiger partial charge in [0, 0.05) is 11.0 Å². The summed E-state index contributed by atoms with van der Waals surface area (Å²) in [6.07, 6.45) is -0.324. The van der Waals surface area contributed by atoms with E-state index in [1.165, 1.54) is 6.92 Å². The van der Waals surface area contributed by atoms with Gasteiger partial charge in [-0.1, -0.05) is 6.92 Å². The Morgan fingerprint density at radius 2 is 1.88 bits per heavy atom. The third-order valence-electron chi connectivity index (χ3n) is 0.998. The summed E-state index contributed by atoms with van der Waals surface area (Å²) in [5.41, 5.74) is 0. The minimum absolute atomic E-state index is 0. The molecule has 0 rings (SSSR count). The zero-order valence-corrected chi connectivity index (χ0v) is 13.0. The van der Waals surface area contributed by atoms with Crippen LogP contribution in [-0.2, 0) is 27.3 Å². The SMILES string of the molecule is CCC(=O)OP(=O)(O[P+](=O)O)P(=O)(O)O.[H-].[Na+]. The minimum Gasteiger partial charge on any atom is -1.00 e. The number of hydrogen-bond donors (Lipinski definition) is 3. The maximum atomic E-state index is 11.2. The first kappa shape index (κ1) is 19.2. The summed E-state index contributed by atoms with van der Waals surface area (Å²) >= 11 is 0. The Morgan fingerprint density at radius 3 is 2.12 bits per heavy atom. The van der Waals surface area contributed by atoms with Crippen molar-refractivity contribution in [3.8, 4) is 0 Å². The summed E-state index contributed by atoms with van der Waals surface area (Å²) in [6, 6.07) is 0. The van der Waals surface area contributed by atoms with E-state index in [4.69, 9.17) is 14.7 Å². The van der Waals surface area contributed by atoms with E-state index in [2.05, 4.69) is 8.83 Å². The molecule has 2 atom stereocenters. The number of rotatable bonds is 5. The van der Waals surface area contributed by atoms with Crippen LogP contribution >= 0.6 is 22.8 Å². The van der Waals surface area contributed by atoms with Crippen LogP contribution in [0.5, 0.6) is 0 Å². The Kier molecular flexibility index (Phi) is 8.81. The van der Waals surface area contributed by atoms with Gasteiger partial charge >= 0.3 is 58.4 Å². The van der Waals surface area contributed by atoms with E-state index < -0.39 is 28.8 Å². The van der Waals surface area contributed by atoms with Gasteiger partial charge in [-0.05, 0) is 4.31 Å². The van der Waals surface area contributed by atoms with Crippen molar-refractivity contribution in [3.05, 3.63) is 0 Å². The molecule has 13 heteroatoms. The van der Waals surface area contributed by atoms with Crippen LogP contribution in [-0.4, -0.2) is 20.6 Å². The molecule has 9 nitrogen and oxygen atoms in total. The Hall–Kier alpha value is 0.870. The van der Waals surface area contributed by atoms with Gasteiger partial charge in [0.05, 0.1) is 0 Å². The second-order valence-corrected chi connectivity index (χ2v) is 8.43. The van der Waals surface area contributed by atoms with Crippen molar-refractivity contribution in [2.75, 3.05) is 0 Å². The molecule has 0 saturated carbocycles. The van der Waals surface area contributed by atoms with Gasteiger partial charge < -0.3 is 15.7 Å². The van der Waals surface area contributed by atoms with Crippen LogP contribution in [0.15, 0.2) is 0 Å². The van der Waals surface area contributed by atoms with E-state index in [1.54, 1.807) is 0 Å². The molecule has 0 radical (unpaired) electrons. The van der Waals surface area contributed by atoms with Crippen LogP contribution in [0.25, 0.3) is 0 Å². The summed E-state index contributed by atoms with van der Waals surface area (Å²) in [7, 11) is -14.3. The van der Waals surface area contributed by atoms with Crippen LogP contribution in [0.1, 0.15) is 14.8 Å². The average molecular weight is 305 g/mol. The van der Waals surface area contributed by atoms with Crippen molar-refractivity contribution in [2.45, 2.75) is 13.3 Å². The predicted octanol–water partition coefficient (Wildman–Crippen LogP) is -1.99. The Balaban J connectivity index is -0.000000980. The summed E-state index contributed by atoms with van der Waals surface area (Å²) in [6.45, 7) is 1.27. The molecule has 90 valence electrons. The molecule has 0 spiro atoms. The molecular weight excluding hydrogens is 296 g/mol. The average Bonchev–Trinajstić information content (AvgIpc) is 2.00. The first-order valence-electron chi connectivity index (χ1n) is 3.36. The van der Waals surface area contributed by atoms with Crippen LogP contribution < -0.4 is 29.6 Å². The van der Waals surface area contributed by atoms with Crippen molar-refractivity contribution in [3.63, 3.8) is 0 Å². The Bertz CT molecular complexity index is 364. The molecule has 2 unspecified atom stereocenters. The fraction of sp³-hybridized carbons (Fsp3) is 0.667. The second-order valence-electron chi connectivity index (χ2n) is 2.12. The molecule has 0 aliphatic rings. The fourth-order valence-electron chi connectivity index (χ4n) is 0.399. The Morgan fingerprint density at radius 1 is 1.44 bits per heavy atom. The van der Waals surface area contributed by atoms with Crippen LogP contribution in [0.3, 0.4) is 0 Å². The molecule has 3 N–H and O–H groups in total. The van der Waals surface area contributed by atoms with E-state index in [0.29, 0.717) is 0 Å². The van der Waals surface area contributed by atoms with Crippen LogP contribution in [0, 0.1) is 0 Å². The molecule has 0 aliphatic heterocycles. The molecule has 0 aromatic heterocycles. The smallest absolute Gasteiger partial charge is 1.00 e. The first-order chi connectivity index (χ1) is 6.62. The zero-order chi connectivity index (χ0) is 12.3. The van der Waals surface area contributed by atoms with Crippen molar-refractivity contribution in [2.24, 2.45) is 0 Å². The fourth-order valence-corrected chi connectivity index (χ4v) is 4.12. The largest absolute Gasteiger partial charge is 1.00 e. The summed E-state index contributed by atoms with van der Waals surface area (Å²) in [5, 5.41) is 0. The molecular formula is C3H9NaO9P3+. The molecule has 0 amide bonds. The molecule has 0 aliphatic carbocycles. The van der Waals surface area contributed by atoms with Gasteiger partial charge in [0.1, 0.15) is 0 Å². The molecule has 0 aromatic rings. The van der Waals surface area contributed by atoms with E-state index in [9.17, 15) is 18.5 Å². The summed E-state index contributed by atoms with van der Waals surface area (Å²) < 4.78 is 39.5. The molecule has 0 bridgehead atoms. The maximum absolute atomic E-state index is 11.2. The molecule has 0 aromatic carbocycles. The predicted molar refractivity (Wildman–Crippen MR) is 48.1 cm³/mol. The van der Waals surface area contributed by atoms with Crippen LogP contribution in [0.4, 0.5) is 0 Å². The van der Waals surface area contributed by atoms with Gasteiger partial charge in [0.15, 0.2) is 0 Å². The normalized spacial score (nSPS) is 15.6. The van der Waals surface area contributed by atoms with E-state index >= 15 is 0 Å². The number of hydrogen-bond acceptors (Lipinski definition) is 6. The monoisotopic (exact) mass is 305 g/mol. The van der Waals surface area contributed by atoms with E-state index in [1.807, 2.05) is 0 Å². The summed E-state index contributed by atoms with van der Waals surface area (Å²) in [5.74, 6) is -1.22. The van der Waals surface area contributed by atoms with Crippen molar-refractivity contribution >= 4 is 28.8 Å². The van der Waals surface area contributed by atoms with Crippen molar-refractivity contribution in [1.29, 1.82) is 0 Å².